The zero-order valence-electron chi connectivity index (χ0n) is 19.7. The van der Waals surface area contributed by atoms with Crippen LogP contribution < -0.4 is 0 Å². The Morgan fingerprint density at radius 2 is 1.52 bits per heavy atom. The maximum Gasteiger partial charge on any atom is 0.116 e. The molecule has 5 aromatic rings. The molecule has 0 unspecified atom stereocenters. The van der Waals surface area contributed by atoms with E-state index in [9.17, 15) is 0 Å². The fourth-order valence-corrected chi connectivity index (χ4v) is 5.74. The summed E-state index contributed by atoms with van der Waals surface area (Å²) in [5.74, 6) is 0.589. The molecule has 0 bridgehead atoms. The molecule has 1 aliphatic rings. The number of fused-ring (bicyclic) bond motifs is 6. The molecule has 0 amide bonds. The third-order valence-corrected chi connectivity index (χ3v) is 7.11. The van der Waals surface area contributed by atoms with E-state index in [0.29, 0.717) is 5.92 Å². The van der Waals surface area contributed by atoms with Gasteiger partial charge in [-0.15, -0.1) is 0 Å². The largest absolute Gasteiger partial charge is 0.240 e. The molecule has 162 valence electrons. The van der Waals surface area contributed by atoms with E-state index >= 15 is 0 Å². The van der Waals surface area contributed by atoms with Crippen LogP contribution in [0, 0.1) is 5.92 Å². The minimum Gasteiger partial charge on any atom is -0.240 e. The molecule has 33 heavy (non-hydrogen) atoms. The van der Waals surface area contributed by atoms with Gasteiger partial charge in [-0.25, -0.2) is 9.97 Å². The first-order valence-electron chi connectivity index (χ1n) is 11.9. The molecule has 0 fully saturated rings. The van der Waals surface area contributed by atoms with Gasteiger partial charge in [-0.1, -0.05) is 88.4 Å². The number of rotatable bonds is 3. The minimum absolute atomic E-state index is 0.180. The molecule has 0 radical (unpaired) electrons. The second-order valence-corrected chi connectivity index (χ2v) is 10.2. The summed E-state index contributed by atoms with van der Waals surface area (Å²) in [5.41, 5.74) is 8.37. The van der Waals surface area contributed by atoms with Crippen molar-refractivity contribution in [1.29, 1.82) is 0 Å². The Bertz CT molecular complexity index is 1540. The van der Waals surface area contributed by atoms with Gasteiger partial charge in [0.05, 0.1) is 11.4 Å². The second kappa shape index (κ2) is 7.25. The topological polar surface area (TPSA) is 25.8 Å². The molecular formula is C31H28N2. The smallest absolute Gasteiger partial charge is 0.116 e. The highest BCUT2D eigenvalue weighted by atomic mass is 14.9. The highest BCUT2D eigenvalue weighted by molar-refractivity contribution is 6.01. The zero-order valence-corrected chi connectivity index (χ0v) is 19.7. The van der Waals surface area contributed by atoms with E-state index in [0.717, 1.165) is 17.8 Å². The van der Waals surface area contributed by atoms with Crippen LogP contribution in [0.1, 0.15) is 44.5 Å². The monoisotopic (exact) mass is 428 g/mol. The molecule has 1 heterocycles. The van der Waals surface area contributed by atoms with Crippen LogP contribution in [0.25, 0.3) is 43.9 Å². The standard InChI is InChI=1S/C31H28N2/c1-19(2)15-22-17-23(16-21-10-6-7-11-24(21)22)29-27-26-14-13-20-9-5-8-12-25(20)28(26)31(3,4)30(27)33-18-32-29/h5-14,16-19H,15H2,1-4H3. The summed E-state index contributed by atoms with van der Waals surface area (Å²) < 4.78 is 0. The van der Waals surface area contributed by atoms with Crippen LogP contribution in [0.15, 0.2) is 79.1 Å². The molecule has 2 nitrogen and oxygen atoms in total. The Morgan fingerprint density at radius 1 is 0.788 bits per heavy atom. The van der Waals surface area contributed by atoms with Crippen LogP contribution in [0.2, 0.25) is 0 Å². The van der Waals surface area contributed by atoms with Crippen molar-refractivity contribution >= 4 is 21.5 Å². The van der Waals surface area contributed by atoms with Crippen LogP contribution in [0.3, 0.4) is 0 Å². The van der Waals surface area contributed by atoms with Crippen molar-refractivity contribution in [3.05, 3.63) is 95.9 Å². The average molecular weight is 429 g/mol. The lowest BCUT2D eigenvalue weighted by Crippen LogP contribution is -2.17. The van der Waals surface area contributed by atoms with Gasteiger partial charge in [-0.2, -0.15) is 0 Å². The van der Waals surface area contributed by atoms with E-state index in [1.165, 1.54) is 49.4 Å². The molecule has 0 spiro atoms. The van der Waals surface area contributed by atoms with Gasteiger partial charge in [0, 0.05) is 16.5 Å². The minimum atomic E-state index is -0.180. The number of aromatic nitrogens is 2. The van der Waals surface area contributed by atoms with Gasteiger partial charge in [0.25, 0.3) is 0 Å². The van der Waals surface area contributed by atoms with Gasteiger partial charge < -0.3 is 0 Å². The molecule has 0 aliphatic heterocycles. The lowest BCUT2D eigenvalue weighted by atomic mass is 9.82. The third-order valence-electron chi connectivity index (χ3n) is 7.11. The molecule has 1 aliphatic carbocycles. The van der Waals surface area contributed by atoms with Crippen LogP contribution in [0.5, 0.6) is 0 Å². The van der Waals surface area contributed by atoms with Gasteiger partial charge in [-0.05, 0) is 62.7 Å². The zero-order chi connectivity index (χ0) is 22.7. The molecule has 0 N–H and O–H groups in total. The van der Waals surface area contributed by atoms with Crippen molar-refractivity contribution in [1.82, 2.24) is 9.97 Å². The maximum atomic E-state index is 4.88. The van der Waals surface area contributed by atoms with Crippen LogP contribution in [-0.4, -0.2) is 9.97 Å². The van der Waals surface area contributed by atoms with E-state index in [-0.39, 0.29) is 5.41 Å². The van der Waals surface area contributed by atoms with Crippen molar-refractivity contribution in [2.45, 2.75) is 39.5 Å². The third kappa shape index (κ3) is 3.01. The Morgan fingerprint density at radius 3 is 2.30 bits per heavy atom. The number of benzene rings is 4. The fraction of sp³-hybridized carbons (Fsp3) is 0.226. The van der Waals surface area contributed by atoms with E-state index in [2.05, 4.69) is 100 Å². The molecular weight excluding hydrogens is 400 g/mol. The van der Waals surface area contributed by atoms with E-state index in [1.54, 1.807) is 6.33 Å². The van der Waals surface area contributed by atoms with Crippen molar-refractivity contribution in [3.63, 3.8) is 0 Å². The Labute approximate surface area is 195 Å². The van der Waals surface area contributed by atoms with Crippen LogP contribution >= 0.6 is 0 Å². The van der Waals surface area contributed by atoms with Gasteiger partial charge in [-0.3, -0.25) is 0 Å². The van der Waals surface area contributed by atoms with Crippen LogP contribution in [0.4, 0.5) is 0 Å². The summed E-state index contributed by atoms with van der Waals surface area (Å²) >= 11 is 0. The Balaban J connectivity index is 1.66. The number of hydrogen-bond acceptors (Lipinski definition) is 2. The summed E-state index contributed by atoms with van der Waals surface area (Å²) in [6, 6.07) is 26.6. The highest BCUT2D eigenvalue weighted by Gasteiger charge is 2.40. The van der Waals surface area contributed by atoms with E-state index in [1.807, 2.05) is 0 Å². The second-order valence-electron chi connectivity index (χ2n) is 10.2. The summed E-state index contributed by atoms with van der Waals surface area (Å²) in [6.07, 6.45) is 2.80. The number of hydrogen-bond donors (Lipinski definition) is 0. The Hall–Kier alpha value is -3.52. The van der Waals surface area contributed by atoms with Crippen molar-refractivity contribution in [2.24, 2.45) is 5.92 Å². The van der Waals surface area contributed by atoms with Gasteiger partial charge in [0.15, 0.2) is 0 Å². The predicted octanol–water partition coefficient (Wildman–Crippen LogP) is 7.95. The maximum absolute atomic E-state index is 4.88. The van der Waals surface area contributed by atoms with Gasteiger partial charge in [0.1, 0.15) is 6.33 Å². The van der Waals surface area contributed by atoms with E-state index < -0.39 is 0 Å². The molecule has 0 saturated carbocycles. The lowest BCUT2D eigenvalue weighted by molar-refractivity contribution is 0.640. The fourth-order valence-electron chi connectivity index (χ4n) is 5.74. The summed E-state index contributed by atoms with van der Waals surface area (Å²) in [7, 11) is 0. The Kier molecular flexibility index (Phi) is 4.42. The summed E-state index contributed by atoms with van der Waals surface area (Å²) in [5, 5.41) is 5.20. The van der Waals surface area contributed by atoms with Gasteiger partial charge >= 0.3 is 0 Å². The molecule has 4 aromatic carbocycles. The lowest BCUT2D eigenvalue weighted by Gasteiger charge is -2.22. The average Bonchev–Trinajstić information content (AvgIpc) is 3.06. The summed E-state index contributed by atoms with van der Waals surface area (Å²) in [4.78, 5) is 9.72. The van der Waals surface area contributed by atoms with Gasteiger partial charge in [0.2, 0.25) is 0 Å². The number of nitrogens with zero attached hydrogens (tertiary/aromatic N) is 2. The van der Waals surface area contributed by atoms with Crippen molar-refractivity contribution in [2.75, 3.05) is 0 Å². The molecule has 2 heteroatoms. The SMILES string of the molecule is CC(C)Cc1cc(-c2ncnc3c2-c2ccc4ccccc4c2C3(C)C)cc2ccccc12. The molecule has 6 rings (SSSR count). The first-order valence-corrected chi connectivity index (χ1v) is 11.9. The highest BCUT2D eigenvalue weighted by Crippen LogP contribution is 2.52. The molecule has 0 saturated heterocycles. The van der Waals surface area contributed by atoms with Crippen molar-refractivity contribution < 1.29 is 0 Å². The predicted molar refractivity (Wildman–Crippen MR) is 139 cm³/mol. The normalized spacial score (nSPS) is 14.1. The van der Waals surface area contributed by atoms with Crippen molar-refractivity contribution in [3.8, 4) is 22.4 Å². The first kappa shape index (κ1) is 20.1. The van der Waals surface area contributed by atoms with Crippen LogP contribution in [-0.2, 0) is 11.8 Å². The van der Waals surface area contributed by atoms with E-state index in [4.69, 9.17) is 9.97 Å². The molecule has 0 atom stereocenters. The first-order chi connectivity index (χ1) is 15.9. The summed E-state index contributed by atoms with van der Waals surface area (Å²) in [6.45, 7) is 9.17. The quantitative estimate of drug-likeness (QED) is 0.291. The molecule has 1 aromatic heterocycles.